The molecule has 3 rings (SSSR count). The lowest BCUT2D eigenvalue weighted by atomic mass is 9.72. The summed E-state index contributed by atoms with van der Waals surface area (Å²) in [4.78, 5) is 0. The van der Waals surface area contributed by atoms with Crippen molar-refractivity contribution in [3.05, 3.63) is 28.3 Å². The zero-order valence-electron chi connectivity index (χ0n) is 9.58. The Hall–Kier alpha value is -0.770. The van der Waals surface area contributed by atoms with Gasteiger partial charge in [0.1, 0.15) is 5.75 Å². The van der Waals surface area contributed by atoms with Gasteiger partial charge in [0.15, 0.2) is 0 Å². The number of nitrogens with two attached hydrogens (primary N) is 1. The number of rotatable bonds is 2. The molecule has 2 aliphatic rings. The smallest absolute Gasteiger partial charge is 0.126 e. The monoisotopic (exact) mass is 253 g/mol. The molecule has 1 aliphatic carbocycles. The van der Waals surface area contributed by atoms with Crippen molar-refractivity contribution >= 4 is 11.6 Å². The molecular weight excluding hydrogens is 238 g/mol. The maximum Gasteiger partial charge on any atom is 0.126 e. The molecule has 0 spiro atoms. The van der Waals surface area contributed by atoms with E-state index in [1.165, 1.54) is 0 Å². The van der Waals surface area contributed by atoms with Crippen LogP contribution in [-0.2, 0) is 12.8 Å². The van der Waals surface area contributed by atoms with E-state index in [-0.39, 0.29) is 6.04 Å². The minimum Gasteiger partial charge on any atom is -0.493 e. The van der Waals surface area contributed by atoms with Gasteiger partial charge < -0.3 is 15.6 Å². The molecule has 3 N–H and O–H groups in total. The second kappa shape index (κ2) is 3.87. The SMILES string of the molecule is NC1CC(O)(Cc2cc(Cl)cc3c2OCC3)C1. The van der Waals surface area contributed by atoms with Crippen molar-refractivity contribution in [1.29, 1.82) is 0 Å². The lowest BCUT2D eigenvalue weighted by molar-refractivity contribution is -0.0458. The first kappa shape index (κ1) is 11.3. The number of ether oxygens (including phenoxy) is 1. The number of hydrogen-bond donors (Lipinski definition) is 2. The van der Waals surface area contributed by atoms with Crippen molar-refractivity contribution in [2.75, 3.05) is 6.61 Å². The first-order valence-electron chi connectivity index (χ1n) is 5.98. The van der Waals surface area contributed by atoms with Gasteiger partial charge in [-0.15, -0.1) is 0 Å². The molecule has 1 aliphatic heterocycles. The summed E-state index contributed by atoms with van der Waals surface area (Å²) in [5.41, 5.74) is 7.24. The molecule has 0 amide bonds. The molecule has 3 nitrogen and oxygen atoms in total. The molecule has 0 unspecified atom stereocenters. The van der Waals surface area contributed by atoms with Gasteiger partial charge >= 0.3 is 0 Å². The topological polar surface area (TPSA) is 55.5 Å². The third-order valence-electron chi connectivity index (χ3n) is 3.63. The summed E-state index contributed by atoms with van der Waals surface area (Å²) in [6.07, 6.45) is 2.81. The van der Waals surface area contributed by atoms with Crippen molar-refractivity contribution in [3.63, 3.8) is 0 Å². The first-order valence-corrected chi connectivity index (χ1v) is 6.36. The quantitative estimate of drug-likeness (QED) is 0.843. The molecule has 0 atom stereocenters. The maximum atomic E-state index is 10.3. The van der Waals surface area contributed by atoms with Crippen LogP contribution in [0.5, 0.6) is 5.75 Å². The third kappa shape index (κ3) is 2.03. The van der Waals surface area contributed by atoms with Crippen LogP contribution in [0.1, 0.15) is 24.0 Å². The van der Waals surface area contributed by atoms with Gasteiger partial charge in [0, 0.05) is 23.9 Å². The van der Waals surface area contributed by atoms with Gasteiger partial charge in [-0.2, -0.15) is 0 Å². The summed E-state index contributed by atoms with van der Waals surface area (Å²) >= 11 is 6.09. The van der Waals surface area contributed by atoms with Gasteiger partial charge in [-0.3, -0.25) is 0 Å². The zero-order chi connectivity index (χ0) is 12.0. The van der Waals surface area contributed by atoms with Crippen LogP contribution < -0.4 is 10.5 Å². The maximum absolute atomic E-state index is 10.3. The Labute approximate surface area is 106 Å². The Kier molecular flexibility index (Phi) is 2.58. The van der Waals surface area contributed by atoms with Gasteiger partial charge in [-0.05, 0) is 36.1 Å². The highest BCUT2D eigenvalue weighted by Gasteiger charge is 2.41. The van der Waals surface area contributed by atoms with Crippen molar-refractivity contribution in [2.45, 2.75) is 37.3 Å². The van der Waals surface area contributed by atoms with Crippen LogP contribution in [0.15, 0.2) is 12.1 Å². The zero-order valence-corrected chi connectivity index (χ0v) is 10.3. The number of benzene rings is 1. The van der Waals surface area contributed by atoms with Crippen molar-refractivity contribution in [1.82, 2.24) is 0 Å². The van der Waals surface area contributed by atoms with Crippen molar-refractivity contribution in [2.24, 2.45) is 5.73 Å². The van der Waals surface area contributed by atoms with Crippen LogP contribution in [0.25, 0.3) is 0 Å². The molecule has 1 fully saturated rings. The molecule has 17 heavy (non-hydrogen) atoms. The largest absolute Gasteiger partial charge is 0.493 e. The summed E-state index contributed by atoms with van der Waals surface area (Å²) in [6.45, 7) is 0.709. The molecule has 4 heteroatoms. The van der Waals surface area contributed by atoms with E-state index < -0.39 is 5.60 Å². The molecule has 1 aromatic carbocycles. The van der Waals surface area contributed by atoms with E-state index in [2.05, 4.69) is 0 Å². The van der Waals surface area contributed by atoms with E-state index in [1.807, 2.05) is 12.1 Å². The first-order chi connectivity index (χ1) is 8.06. The molecule has 0 radical (unpaired) electrons. The Bertz CT molecular complexity index is 455. The summed E-state index contributed by atoms with van der Waals surface area (Å²) in [5, 5.41) is 11.0. The number of fused-ring (bicyclic) bond motifs is 1. The lowest BCUT2D eigenvalue weighted by Crippen LogP contribution is -2.52. The molecule has 1 saturated carbocycles. The highest BCUT2D eigenvalue weighted by atomic mass is 35.5. The van der Waals surface area contributed by atoms with Crippen molar-refractivity contribution < 1.29 is 9.84 Å². The second-order valence-electron chi connectivity index (χ2n) is 5.22. The van der Waals surface area contributed by atoms with E-state index in [0.717, 1.165) is 28.3 Å². The van der Waals surface area contributed by atoms with E-state index >= 15 is 0 Å². The predicted molar refractivity (Wildman–Crippen MR) is 66.5 cm³/mol. The van der Waals surface area contributed by atoms with E-state index in [9.17, 15) is 5.11 Å². The molecule has 0 aromatic heterocycles. The molecular formula is C13H16ClNO2. The number of hydrogen-bond acceptors (Lipinski definition) is 3. The summed E-state index contributed by atoms with van der Waals surface area (Å²) in [5.74, 6) is 0.920. The van der Waals surface area contributed by atoms with E-state index in [4.69, 9.17) is 22.1 Å². The fourth-order valence-corrected chi connectivity index (χ4v) is 3.16. The highest BCUT2D eigenvalue weighted by molar-refractivity contribution is 6.30. The van der Waals surface area contributed by atoms with Crippen LogP contribution in [0.3, 0.4) is 0 Å². The van der Waals surface area contributed by atoms with E-state index in [0.29, 0.717) is 25.9 Å². The Morgan fingerprint density at radius 2 is 2.24 bits per heavy atom. The van der Waals surface area contributed by atoms with Gasteiger partial charge in [0.05, 0.1) is 12.2 Å². The molecule has 1 aromatic rings. The van der Waals surface area contributed by atoms with E-state index in [1.54, 1.807) is 0 Å². The third-order valence-corrected chi connectivity index (χ3v) is 3.85. The van der Waals surface area contributed by atoms with Crippen LogP contribution in [0.4, 0.5) is 0 Å². The predicted octanol–water partition coefficient (Wildman–Crippen LogP) is 1.67. The number of halogens is 1. The molecule has 0 bridgehead atoms. The van der Waals surface area contributed by atoms with Crippen LogP contribution in [-0.4, -0.2) is 23.4 Å². The summed E-state index contributed by atoms with van der Waals surface area (Å²) < 4.78 is 5.62. The van der Waals surface area contributed by atoms with Gasteiger partial charge in [0.25, 0.3) is 0 Å². The fraction of sp³-hybridized carbons (Fsp3) is 0.538. The normalized spacial score (nSPS) is 30.6. The van der Waals surface area contributed by atoms with Crippen LogP contribution >= 0.6 is 11.6 Å². The Balaban J connectivity index is 1.88. The van der Waals surface area contributed by atoms with Crippen LogP contribution in [0, 0.1) is 0 Å². The highest BCUT2D eigenvalue weighted by Crippen LogP contribution is 2.40. The van der Waals surface area contributed by atoms with Gasteiger partial charge in [-0.25, -0.2) is 0 Å². The minimum absolute atomic E-state index is 0.133. The van der Waals surface area contributed by atoms with Gasteiger partial charge in [-0.1, -0.05) is 11.6 Å². The standard InChI is InChI=1S/C13H16ClNO2/c14-10-3-8-1-2-17-12(8)9(4-10)5-13(16)6-11(15)7-13/h3-4,11,16H,1-2,5-7,15H2. The molecule has 92 valence electrons. The lowest BCUT2D eigenvalue weighted by Gasteiger charge is -2.42. The minimum atomic E-state index is -0.663. The number of aliphatic hydroxyl groups is 1. The average molecular weight is 254 g/mol. The van der Waals surface area contributed by atoms with Crippen LogP contribution in [0.2, 0.25) is 5.02 Å². The average Bonchev–Trinajstić information content (AvgIpc) is 2.62. The second-order valence-corrected chi connectivity index (χ2v) is 5.66. The Morgan fingerprint density at radius 3 is 2.94 bits per heavy atom. The Morgan fingerprint density at radius 1 is 1.47 bits per heavy atom. The fourth-order valence-electron chi connectivity index (χ4n) is 2.89. The van der Waals surface area contributed by atoms with Gasteiger partial charge in [0.2, 0.25) is 0 Å². The summed E-state index contributed by atoms with van der Waals surface area (Å²) in [7, 11) is 0. The van der Waals surface area contributed by atoms with Crippen molar-refractivity contribution in [3.8, 4) is 5.75 Å². The molecule has 1 heterocycles. The summed E-state index contributed by atoms with van der Waals surface area (Å²) in [6, 6.07) is 3.98. The molecule has 0 saturated heterocycles.